The Bertz CT molecular complexity index is 1740. The molecule has 7 nitrogen and oxygen atoms in total. The summed E-state index contributed by atoms with van der Waals surface area (Å²) in [6.07, 6.45) is 4.54. The van der Waals surface area contributed by atoms with Crippen LogP contribution in [0.15, 0.2) is 96.2 Å². The van der Waals surface area contributed by atoms with Crippen LogP contribution < -0.4 is 0 Å². The summed E-state index contributed by atoms with van der Waals surface area (Å²) in [6, 6.07) is 22.6. The Kier molecular flexibility index (Phi) is 7.75. The molecule has 38 heavy (non-hydrogen) atoms. The molecule has 2 heterocycles. The van der Waals surface area contributed by atoms with Gasteiger partial charge in [-0.3, -0.25) is 9.97 Å². The number of sulfone groups is 1. The molecule has 2 aromatic heterocycles. The highest BCUT2D eigenvalue weighted by Crippen LogP contribution is 2.33. The highest BCUT2D eigenvalue weighted by atomic mass is 35.5. The van der Waals surface area contributed by atoms with Crippen LogP contribution in [0.3, 0.4) is 0 Å². The molecule has 192 valence electrons. The van der Waals surface area contributed by atoms with Gasteiger partial charge in [0.15, 0.2) is 9.84 Å². The zero-order valence-corrected chi connectivity index (χ0v) is 22.0. The third kappa shape index (κ3) is 5.99. The van der Waals surface area contributed by atoms with Crippen LogP contribution in [0.1, 0.15) is 16.1 Å². The van der Waals surface area contributed by atoms with E-state index < -0.39 is 15.8 Å². The van der Waals surface area contributed by atoms with Crippen molar-refractivity contribution < 1.29 is 23.4 Å². The quantitative estimate of drug-likeness (QED) is 0.267. The Labute approximate surface area is 225 Å². The van der Waals surface area contributed by atoms with Gasteiger partial charge < -0.3 is 10.2 Å². The Morgan fingerprint density at radius 1 is 0.868 bits per heavy atom. The number of fused-ring (bicyclic) bond motifs is 1. The number of aromatic nitrogens is 2. The van der Waals surface area contributed by atoms with Crippen molar-refractivity contribution in [3.63, 3.8) is 0 Å². The van der Waals surface area contributed by atoms with Gasteiger partial charge in [0.05, 0.1) is 15.6 Å². The minimum absolute atomic E-state index is 0.0660. The van der Waals surface area contributed by atoms with E-state index in [1.54, 1.807) is 54.9 Å². The van der Waals surface area contributed by atoms with Crippen LogP contribution in [0, 0.1) is 6.92 Å². The second kappa shape index (κ2) is 11.0. The first-order valence-corrected chi connectivity index (χ1v) is 13.6. The van der Waals surface area contributed by atoms with Gasteiger partial charge in [0, 0.05) is 40.9 Å². The van der Waals surface area contributed by atoms with Gasteiger partial charge in [-0.25, -0.2) is 13.2 Å². The van der Waals surface area contributed by atoms with E-state index in [0.29, 0.717) is 10.4 Å². The second-order valence-electron chi connectivity index (χ2n) is 8.52. The predicted molar refractivity (Wildman–Crippen MR) is 148 cm³/mol. The lowest BCUT2D eigenvalue weighted by atomic mass is 10.0. The highest BCUT2D eigenvalue weighted by Gasteiger charge is 2.13. The second-order valence-corrected chi connectivity index (χ2v) is 11.0. The molecular formula is C29H23ClN2O5S. The van der Waals surface area contributed by atoms with Crippen LogP contribution in [0.2, 0.25) is 5.02 Å². The van der Waals surface area contributed by atoms with Crippen LogP contribution in [-0.2, 0) is 9.84 Å². The van der Waals surface area contributed by atoms with Crippen molar-refractivity contribution >= 4 is 38.2 Å². The van der Waals surface area contributed by atoms with E-state index in [9.17, 15) is 18.3 Å². The maximum atomic E-state index is 11.6. The third-order valence-electron chi connectivity index (χ3n) is 5.76. The number of pyridine rings is 2. The Morgan fingerprint density at radius 3 is 2.18 bits per heavy atom. The van der Waals surface area contributed by atoms with Gasteiger partial charge in [-0.2, -0.15) is 0 Å². The van der Waals surface area contributed by atoms with Gasteiger partial charge in [0.1, 0.15) is 11.3 Å². The van der Waals surface area contributed by atoms with E-state index in [1.807, 2.05) is 37.3 Å². The maximum absolute atomic E-state index is 11.6. The molecule has 0 aliphatic rings. The molecule has 0 unspecified atom stereocenters. The molecule has 3 aromatic carbocycles. The highest BCUT2D eigenvalue weighted by molar-refractivity contribution is 7.90. The first kappa shape index (κ1) is 26.8. The fourth-order valence-corrected chi connectivity index (χ4v) is 4.60. The summed E-state index contributed by atoms with van der Waals surface area (Å²) in [7, 11) is -3.23. The molecule has 9 heteroatoms. The summed E-state index contributed by atoms with van der Waals surface area (Å²) in [4.78, 5) is 19.7. The number of carboxylic acid groups (broad SMARTS) is 1. The van der Waals surface area contributed by atoms with Crippen molar-refractivity contribution in [3.05, 3.63) is 108 Å². The van der Waals surface area contributed by atoms with Crippen LogP contribution in [-0.4, -0.2) is 40.8 Å². The van der Waals surface area contributed by atoms with Gasteiger partial charge in [-0.15, -0.1) is 0 Å². The van der Waals surface area contributed by atoms with E-state index in [4.69, 9.17) is 16.7 Å². The van der Waals surface area contributed by atoms with Gasteiger partial charge in [-0.05, 0) is 54.3 Å². The SMILES string of the molecule is Cc1ccc(-c2ncc(Cl)cc2-c2ccc(S(C)(=O)=O)cc2)cn1.O=C(O)c1ccc2ccccc2c1O. The molecule has 0 bridgehead atoms. The Morgan fingerprint density at radius 2 is 1.55 bits per heavy atom. The molecule has 0 saturated heterocycles. The number of halogens is 1. The summed E-state index contributed by atoms with van der Waals surface area (Å²) in [5.74, 6) is -1.29. The average molecular weight is 547 g/mol. The zero-order valence-electron chi connectivity index (χ0n) is 20.5. The predicted octanol–water partition coefficient (Wildman–Crippen LogP) is 6.42. The number of carbonyl (C=O) groups is 1. The molecule has 0 radical (unpaired) electrons. The normalized spacial score (nSPS) is 11.0. The Balaban J connectivity index is 0.000000204. The van der Waals surface area contributed by atoms with Gasteiger partial charge in [0.2, 0.25) is 0 Å². The lowest BCUT2D eigenvalue weighted by Gasteiger charge is -2.10. The minimum atomic E-state index is -3.23. The number of rotatable bonds is 4. The number of nitrogens with zero attached hydrogens (tertiary/aromatic N) is 2. The topological polar surface area (TPSA) is 117 Å². The van der Waals surface area contributed by atoms with Gasteiger partial charge in [-0.1, -0.05) is 54.1 Å². The van der Waals surface area contributed by atoms with Crippen molar-refractivity contribution in [2.45, 2.75) is 11.8 Å². The molecule has 0 aliphatic heterocycles. The largest absolute Gasteiger partial charge is 0.506 e. The van der Waals surface area contributed by atoms with Crippen molar-refractivity contribution in [1.29, 1.82) is 0 Å². The number of benzene rings is 3. The average Bonchev–Trinajstić information content (AvgIpc) is 2.89. The van der Waals surface area contributed by atoms with Crippen molar-refractivity contribution in [3.8, 4) is 28.1 Å². The molecule has 0 saturated carbocycles. The first-order valence-electron chi connectivity index (χ1n) is 11.4. The molecule has 0 atom stereocenters. The van der Waals surface area contributed by atoms with Crippen LogP contribution >= 0.6 is 11.6 Å². The van der Waals surface area contributed by atoms with Crippen LogP contribution in [0.25, 0.3) is 33.2 Å². The summed E-state index contributed by atoms with van der Waals surface area (Å²) >= 11 is 6.11. The van der Waals surface area contributed by atoms with E-state index >= 15 is 0 Å². The molecule has 5 aromatic rings. The van der Waals surface area contributed by atoms with Gasteiger partial charge >= 0.3 is 5.97 Å². The summed E-state index contributed by atoms with van der Waals surface area (Å²) in [6.45, 7) is 1.92. The summed E-state index contributed by atoms with van der Waals surface area (Å²) in [5, 5.41) is 20.3. The lowest BCUT2D eigenvalue weighted by molar-refractivity contribution is 0.0694. The molecular weight excluding hydrogens is 524 g/mol. The maximum Gasteiger partial charge on any atom is 0.339 e. The van der Waals surface area contributed by atoms with E-state index in [0.717, 1.165) is 33.5 Å². The zero-order chi connectivity index (χ0) is 27.4. The third-order valence-corrected chi connectivity index (χ3v) is 7.10. The molecule has 5 rings (SSSR count). The van der Waals surface area contributed by atoms with E-state index in [1.165, 1.54) is 12.3 Å². The van der Waals surface area contributed by atoms with E-state index in [-0.39, 0.29) is 16.2 Å². The smallest absolute Gasteiger partial charge is 0.339 e. The fraction of sp³-hybridized carbons (Fsp3) is 0.0690. The standard InChI is InChI=1S/C18H15ClN2O2S.C11H8O3/c1-12-3-4-14(10-20-12)18-17(9-15(19)11-21-18)13-5-7-16(8-6-13)24(2,22)23;12-10-8-4-2-1-3-7(8)5-6-9(10)11(13)14/h3-11H,1-2H3;1-6,12H,(H,13,14). The number of phenols is 1. The molecule has 0 spiro atoms. The summed E-state index contributed by atoms with van der Waals surface area (Å²) < 4.78 is 23.2. The molecule has 0 fully saturated rings. The van der Waals surface area contributed by atoms with Crippen LogP contribution in [0.5, 0.6) is 5.75 Å². The number of hydrogen-bond donors (Lipinski definition) is 2. The molecule has 2 N–H and O–H groups in total. The molecule has 0 aliphatic carbocycles. The first-order chi connectivity index (χ1) is 18.0. The fourth-order valence-electron chi connectivity index (χ4n) is 3.81. The monoisotopic (exact) mass is 546 g/mol. The van der Waals surface area contributed by atoms with Crippen molar-refractivity contribution in [1.82, 2.24) is 9.97 Å². The lowest BCUT2D eigenvalue weighted by Crippen LogP contribution is -1.97. The summed E-state index contributed by atoms with van der Waals surface area (Å²) in [5.41, 5.74) is 4.15. The number of aromatic hydroxyl groups is 1. The number of carboxylic acids is 1. The number of aryl methyl sites for hydroxylation is 1. The number of aromatic carboxylic acids is 1. The Hall–Kier alpha value is -4.27. The van der Waals surface area contributed by atoms with Crippen LogP contribution in [0.4, 0.5) is 0 Å². The van der Waals surface area contributed by atoms with Crippen molar-refractivity contribution in [2.24, 2.45) is 0 Å². The molecule has 0 amide bonds. The van der Waals surface area contributed by atoms with Crippen molar-refractivity contribution in [2.75, 3.05) is 6.26 Å². The van der Waals surface area contributed by atoms with E-state index in [2.05, 4.69) is 9.97 Å². The van der Waals surface area contributed by atoms with Gasteiger partial charge in [0.25, 0.3) is 0 Å². The number of hydrogen-bond acceptors (Lipinski definition) is 6. The minimum Gasteiger partial charge on any atom is -0.506 e.